The van der Waals surface area contributed by atoms with Gasteiger partial charge in [-0.05, 0) is 18.2 Å². The average Bonchev–Trinajstić information content (AvgIpc) is 3.07. The number of carbonyl (C=O) groups excluding carboxylic acids is 1. The number of aryl methyl sites for hydroxylation is 1. The van der Waals surface area contributed by atoms with Crippen molar-refractivity contribution in [3.8, 4) is 11.3 Å². The van der Waals surface area contributed by atoms with Crippen LogP contribution in [0.2, 0.25) is 0 Å². The van der Waals surface area contributed by atoms with E-state index < -0.39 is 12.8 Å². The van der Waals surface area contributed by atoms with E-state index in [0.29, 0.717) is 28.6 Å². The summed E-state index contributed by atoms with van der Waals surface area (Å²) in [6, 6.07) is 8.08. The summed E-state index contributed by atoms with van der Waals surface area (Å²) in [6.07, 6.45) is 1.57. The van der Waals surface area contributed by atoms with E-state index >= 15 is 0 Å². The van der Waals surface area contributed by atoms with E-state index in [4.69, 9.17) is 0 Å². The molecule has 0 aromatic carbocycles. The summed E-state index contributed by atoms with van der Waals surface area (Å²) in [5.74, 6) is 0.413. The second-order valence-corrected chi connectivity index (χ2v) is 5.87. The highest BCUT2D eigenvalue weighted by atomic mass is 19.2. The van der Waals surface area contributed by atoms with Crippen LogP contribution in [-0.4, -0.2) is 32.3 Å². The fraction of sp³-hybridized carbons (Fsp3) is 0.222. The van der Waals surface area contributed by atoms with Gasteiger partial charge in [0.25, 0.3) is 0 Å². The zero-order chi connectivity index (χ0) is 19.4. The predicted octanol–water partition coefficient (Wildman–Crippen LogP) is 3.56. The Morgan fingerprint density at radius 2 is 2.11 bits per heavy atom. The fourth-order valence-corrected chi connectivity index (χ4v) is 2.48. The van der Waals surface area contributed by atoms with Gasteiger partial charge < -0.3 is 10.6 Å². The highest BCUT2D eigenvalue weighted by Crippen LogP contribution is 2.30. The lowest BCUT2D eigenvalue weighted by atomic mass is 10.1. The summed E-state index contributed by atoms with van der Waals surface area (Å²) in [5.41, 5.74) is 1.88. The van der Waals surface area contributed by atoms with Gasteiger partial charge in [0.15, 0.2) is 6.17 Å². The molecule has 0 saturated heterocycles. The largest absolute Gasteiger partial charge is 0.340 e. The number of carbonyl (C=O) groups is 1. The number of anilines is 3. The van der Waals surface area contributed by atoms with Crippen molar-refractivity contribution in [2.45, 2.75) is 13.1 Å². The fourth-order valence-electron chi connectivity index (χ4n) is 2.48. The Kier molecular flexibility index (Phi) is 5.39. The molecular formula is C18H18F2N6O. The molecule has 0 saturated carbocycles. The van der Waals surface area contributed by atoms with Gasteiger partial charge in [0.1, 0.15) is 18.3 Å². The summed E-state index contributed by atoms with van der Waals surface area (Å²) in [6.45, 7) is 0.238. The molecule has 2 N–H and O–H groups in total. The topological polar surface area (TPSA) is 84.7 Å². The Morgan fingerprint density at radius 1 is 1.30 bits per heavy atom. The lowest BCUT2D eigenvalue weighted by Gasteiger charge is -2.13. The summed E-state index contributed by atoms with van der Waals surface area (Å²) >= 11 is 0. The zero-order valence-corrected chi connectivity index (χ0v) is 14.8. The van der Waals surface area contributed by atoms with Crippen LogP contribution in [-0.2, 0) is 11.8 Å². The van der Waals surface area contributed by atoms with E-state index in [9.17, 15) is 13.6 Å². The van der Waals surface area contributed by atoms with Gasteiger partial charge in [-0.3, -0.25) is 9.48 Å². The van der Waals surface area contributed by atoms with Gasteiger partial charge in [0, 0.05) is 38.0 Å². The van der Waals surface area contributed by atoms with E-state index in [-0.39, 0.29) is 11.6 Å². The van der Waals surface area contributed by atoms with Crippen LogP contribution in [0.5, 0.6) is 0 Å². The predicted molar refractivity (Wildman–Crippen MR) is 98.1 cm³/mol. The van der Waals surface area contributed by atoms with Crippen molar-refractivity contribution < 1.29 is 13.6 Å². The van der Waals surface area contributed by atoms with Crippen LogP contribution in [0, 0.1) is 0 Å². The van der Waals surface area contributed by atoms with Gasteiger partial charge in [-0.15, -0.1) is 0 Å². The molecule has 3 rings (SSSR count). The van der Waals surface area contributed by atoms with Crippen LogP contribution in [0.1, 0.15) is 18.8 Å². The molecule has 1 atom stereocenters. The molecule has 0 aliphatic heterocycles. The van der Waals surface area contributed by atoms with Crippen LogP contribution in [0.4, 0.5) is 26.1 Å². The summed E-state index contributed by atoms with van der Waals surface area (Å²) < 4.78 is 27.8. The molecule has 9 heteroatoms. The van der Waals surface area contributed by atoms with Crippen molar-refractivity contribution in [2.24, 2.45) is 7.05 Å². The minimum absolute atomic E-state index is 0.00183. The van der Waals surface area contributed by atoms with Crippen molar-refractivity contribution >= 4 is 23.2 Å². The van der Waals surface area contributed by atoms with Crippen LogP contribution < -0.4 is 10.6 Å². The SMILES string of the molecule is CC(=O)Nc1cc(Nc2cccc([C@H](F)CF)n2)c(-c2ccn(C)n2)cn1. The maximum Gasteiger partial charge on any atom is 0.222 e. The van der Waals surface area contributed by atoms with Crippen LogP contribution in [0.25, 0.3) is 11.3 Å². The van der Waals surface area contributed by atoms with Gasteiger partial charge in [-0.1, -0.05) is 6.07 Å². The van der Waals surface area contributed by atoms with Gasteiger partial charge >= 0.3 is 0 Å². The summed E-state index contributed by atoms with van der Waals surface area (Å²) in [5, 5.41) is 10.0. The number of hydrogen-bond donors (Lipinski definition) is 2. The lowest BCUT2D eigenvalue weighted by molar-refractivity contribution is -0.114. The lowest BCUT2D eigenvalue weighted by Crippen LogP contribution is -2.08. The molecule has 0 unspecified atom stereocenters. The van der Waals surface area contributed by atoms with Crippen molar-refractivity contribution in [3.63, 3.8) is 0 Å². The van der Waals surface area contributed by atoms with Crippen molar-refractivity contribution in [1.82, 2.24) is 19.7 Å². The maximum atomic E-state index is 13.6. The number of hydrogen-bond acceptors (Lipinski definition) is 5. The molecule has 0 fully saturated rings. The number of aromatic nitrogens is 4. The van der Waals surface area contributed by atoms with Crippen LogP contribution in [0.15, 0.2) is 42.7 Å². The minimum atomic E-state index is -1.78. The third-order valence-corrected chi connectivity index (χ3v) is 3.69. The number of nitrogens with zero attached hydrogens (tertiary/aromatic N) is 4. The second kappa shape index (κ2) is 7.90. The Morgan fingerprint density at radius 3 is 2.78 bits per heavy atom. The number of alkyl halides is 2. The standard InChI is InChI=1S/C18H18F2N6O/c1-11(27)22-18-8-16(12(10-21-18)14-6-7-26(2)25-14)24-17-5-3-4-15(23-17)13(20)9-19/h3-8,10,13H,9H2,1-2H3,(H2,21,22,23,24,27)/t13-/m1/s1. The van der Waals surface area contributed by atoms with Crippen LogP contribution in [0.3, 0.4) is 0 Å². The molecule has 0 bridgehead atoms. The number of nitrogens with one attached hydrogen (secondary N) is 2. The van der Waals surface area contributed by atoms with Crippen molar-refractivity contribution in [1.29, 1.82) is 0 Å². The van der Waals surface area contributed by atoms with Gasteiger partial charge in [0.05, 0.1) is 17.1 Å². The average molecular weight is 372 g/mol. The van der Waals surface area contributed by atoms with Gasteiger partial charge in [-0.2, -0.15) is 5.10 Å². The quantitative estimate of drug-likeness (QED) is 0.691. The van der Waals surface area contributed by atoms with Crippen LogP contribution >= 0.6 is 0 Å². The van der Waals surface area contributed by atoms with Crippen molar-refractivity contribution in [2.75, 3.05) is 17.3 Å². The maximum absolute atomic E-state index is 13.6. The third-order valence-electron chi connectivity index (χ3n) is 3.69. The normalized spacial score (nSPS) is 11.9. The van der Waals surface area contributed by atoms with E-state index in [0.717, 1.165) is 0 Å². The highest BCUT2D eigenvalue weighted by Gasteiger charge is 2.14. The molecule has 0 aliphatic carbocycles. The van der Waals surface area contributed by atoms with E-state index in [1.165, 1.54) is 13.0 Å². The number of halogens is 2. The van der Waals surface area contributed by atoms with Crippen molar-refractivity contribution in [3.05, 3.63) is 48.4 Å². The number of pyridine rings is 2. The number of amides is 1. The molecular weight excluding hydrogens is 354 g/mol. The monoisotopic (exact) mass is 372 g/mol. The van der Waals surface area contributed by atoms with E-state index in [1.807, 2.05) is 6.07 Å². The second-order valence-electron chi connectivity index (χ2n) is 5.87. The van der Waals surface area contributed by atoms with E-state index in [1.54, 1.807) is 42.3 Å². The molecule has 0 spiro atoms. The van der Waals surface area contributed by atoms with Gasteiger partial charge in [-0.25, -0.2) is 18.7 Å². The highest BCUT2D eigenvalue weighted by molar-refractivity contribution is 5.89. The third kappa shape index (κ3) is 4.43. The molecule has 27 heavy (non-hydrogen) atoms. The Balaban J connectivity index is 2.00. The Hall–Kier alpha value is -3.36. The van der Waals surface area contributed by atoms with E-state index in [2.05, 4.69) is 25.7 Å². The molecule has 7 nitrogen and oxygen atoms in total. The van der Waals surface area contributed by atoms with Gasteiger partial charge in [0.2, 0.25) is 5.91 Å². The zero-order valence-electron chi connectivity index (χ0n) is 14.8. The minimum Gasteiger partial charge on any atom is -0.340 e. The molecule has 3 aromatic rings. The number of rotatable bonds is 6. The first-order valence-corrected chi connectivity index (χ1v) is 8.18. The first-order valence-electron chi connectivity index (χ1n) is 8.18. The molecule has 0 radical (unpaired) electrons. The molecule has 3 aromatic heterocycles. The molecule has 140 valence electrons. The first kappa shape index (κ1) is 18.4. The Bertz CT molecular complexity index is 959. The Labute approximate surface area is 154 Å². The summed E-state index contributed by atoms with van der Waals surface area (Å²) in [7, 11) is 1.79. The molecule has 1 amide bonds. The smallest absolute Gasteiger partial charge is 0.222 e. The molecule has 3 heterocycles. The molecule has 0 aliphatic rings. The summed E-state index contributed by atoms with van der Waals surface area (Å²) in [4.78, 5) is 19.6. The first-order chi connectivity index (χ1) is 13.0.